The zero-order valence-corrected chi connectivity index (χ0v) is 10.5. The van der Waals surface area contributed by atoms with E-state index in [-0.39, 0.29) is 17.5 Å². The van der Waals surface area contributed by atoms with E-state index >= 15 is 0 Å². The van der Waals surface area contributed by atoms with E-state index in [0.29, 0.717) is 6.54 Å². The van der Waals surface area contributed by atoms with Crippen molar-refractivity contribution in [2.45, 2.75) is 19.5 Å². The molecule has 0 amide bonds. The Bertz CT molecular complexity index is 517. The highest BCUT2D eigenvalue weighted by molar-refractivity contribution is 5.37. The number of phenolic OH excluding ortho intramolecular Hbond substituents is 2. The zero-order valence-electron chi connectivity index (χ0n) is 10.5. The summed E-state index contributed by atoms with van der Waals surface area (Å²) >= 11 is 0. The topological polar surface area (TPSA) is 70.3 Å². The first-order chi connectivity index (χ1) is 8.56. The number of nitrogens with zero attached hydrogens (tertiary/aromatic N) is 2. The molecule has 18 heavy (non-hydrogen) atoms. The van der Waals surface area contributed by atoms with Crippen molar-refractivity contribution in [1.29, 1.82) is 0 Å². The van der Waals surface area contributed by atoms with Crippen LogP contribution in [-0.2, 0) is 13.6 Å². The van der Waals surface area contributed by atoms with Gasteiger partial charge in [-0.3, -0.25) is 4.68 Å². The second kappa shape index (κ2) is 5.10. The van der Waals surface area contributed by atoms with Gasteiger partial charge in [-0.15, -0.1) is 0 Å². The van der Waals surface area contributed by atoms with E-state index in [0.717, 1.165) is 11.3 Å². The van der Waals surface area contributed by atoms with Gasteiger partial charge in [-0.05, 0) is 30.7 Å². The largest absolute Gasteiger partial charge is 0.508 e. The van der Waals surface area contributed by atoms with Gasteiger partial charge in [-0.25, -0.2) is 0 Å². The van der Waals surface area contributed by atoms with Gasteiger partial charge in [-0.2, -0.15) is 5.10 Å². The number of aryl methyl sites for hydroxylation is 1. The minimum Gasteiger partial charge on any atom is -0.508 e. The Hall–Kier alpha value is -2.01. The van der Waals surface area contributed by atoms with Crippen LogP contribution in [0, 0.1) is 0 Å². The Labute approximate surface area is 106 Å². The Morgan fingerprint density at radius 1 is 1.28 bits per heavy atom. The van der Waals surface area contributed by atoms with Crippen LogP contribution in [0.15, 0.2) is 30.5 Å². The summed E-state index contributed by atoms with van der Waals surface area (Å²) in [6, 6.07) is 6.57. The van der Waals surface area contributed by atoms with E-state index in [9.17, 15) is 10.2 Å². The third-order valence-corrected chi connectivity index (χ3v) is 2.94. The van der Waals surface area contributed by atoms with Crippen LogP contribution in [0.5, 0.6) is 11.5 Å². The molecule has 1 aromatic heterocycles. The molecule has 5 heteroatoms. The molecule has 0 bridgehead atoms. The summed E-state index contributed by atoms with van der Waals surface area (Å²) in [6.07, 6.45) is 1.75. The Kier molecular flexibility index (Phi) is 3.53. The van der Waals surface area contributed by atoms with E-state index in [1.54, 1.807) is 23.0 Å². The number of rotatable bonds is 4. The van der Waals surface area contributed by atoms with Gasteiger partial charge in [0.1, 0.15) is 11.5 Å². The molecule has 96 valence electrons. The first-order valence-corrected chi connectivity index (χ1v) is 5.79. The van der Waals surface area contributed by atoms with Crippen molar-refractivity contribution in [2.75, 3.05) is 0 Å². The Morgan fingerprint density at radius 2 is 1.94 bits per heavy atom. The van der Waals surface area contributed by atoms with E-state index < -0.39 is 0 Å². The van der Waals surface area contributed by atoms with Crippen LogP contribution in [0.25, 0.3) is 0 Å². The van der Waals surface area contributed by atoms with Crippen LogP contribution in [0.2, 0.25) is 0 Å². The third kappa shape index (κ3) is 2.81. The van der Waals surface area contributed by atoms with Gasteiger partial charge in [0, 0.05) is 31.9 Å². The molecule has 1 atom stereocenters. The monoisotopic (exact) mass is 247 g/mol. The normalized spacial score (nSPS) is 12.6. The minimum absolute atomic E-state index is 0.0258. The smallest absolute Gasteiger partial charge is 0.119 e. The van der Waals surface area contributed by atoms with Gasteiger partial charge in [-0.1, -0.05) is 0 Å². The number of nitrogens with one attached hydrogen (secondary N) is 1. The van der Waals surface area contributed by atoms with Crippen LogP contribution in [0.4, 0.5) is 0 Å². The maximum absolute atomic E-state index is 9.44. The Balaban J connectivity index is 2.03. The van der Waals surface area contributed by atoms with Crippen molar-refractivity contribution >= 4 is 0 Å². The quantitative estimate of drug-likeness (QED) is 0.768. The average Bonchev–Trinajstić information content (AvgIpc) is 2.70. The molecule has 2 rings (SSSR count). The molecule has 5 nitrogen and oxygen atoms in total. The first kappa shape index (κ1) is 12.4. The van der Waals surface area contributed by atoms with E-state index in [4.69, 9.17) is 0 Å². The van der Waals surface area contributed by atoms with Crippen LogP contribution < -0.4 is 5.32 Å². The van der Waals surface area contributed by atoms with Gasteiger partial charge < -0.3 is 15.5 Å². The lowest BCUT2D eigenvalue weighted by Crippen LogP contribution is -2.19. The Morgan fingerprint density at radius 3 is 2.50 bits per heavy atom. The average molecular weight is 247 g/mol. The maximum Gasteiger partial charge on any atom is 0.119 e. The van der Waals surface area contributed by atoms with Crippen molar-refractivity contribution < 1.29 is 10.2 Å². The van der Waals surface area contributed by atoms with Crippen LogP contribution in [0.3, 0.4) is 0 Å². The molecule has 0 saturated heterocycles. The molecule has 0 aliphatic heterocycles. The molecule has 0 aliphatic rings. The first-order valence-electron chi connectivity index (χ1n) is 5.79. The van der Waals surface area contributed by atoms with E-state index in [2.05, 4.69) is 10.4 Å². The highest BCUT2D eigenvalue weighted by atomic mass is 16.3. The lowest BCUT2D eigenvalue weighted by atomic mass is 10.1. The molecular weight excluding hydrogens is 230 g/mol. The van der Waals surface area contributed by atoms with Crippen molar-refractivity contribution in [3.8, 4) is 11.5 Å². The fourth-order valence-corrected chi connectivity index (χ4v) is 1.82. The highest BCUT2D eigenvalue weighted by Crippen LogP contribution is 2.24. The van der Waals surface area contributed by atoms with Gasteiger partial charge in [0.25, 0.3) is 0 Å². The molecule has 2 aromatic rings. The zero-order chi connectivity index (χ0) is 13.1. The lowest BCUT2D eigenvalue weighted by molar-refractivity contribution is 0.445. The molecule has 3 N–H and O–H groups in total. The second-order valence-electron chi connectivity index (χ2n) is 4.33. The summed E-state index contributed by atoms with van der Waals surface area (Å²) in [6.45, 7) is 2.65. The molecule has 1 unspecified atom stereocenters. The van der Waals surface area contributed by atoms with Crippen molar-refractivity contribution in [2.24, 2.45) is 7.05 Å². The lowest BCUT2D eigenvalue weighted by Gasteiger charge is -2.15. The SMILES string of the molecule is CC(NCc1ccnn1C)c1cc(O)cc(O)c1. The molecule has 1 aromatic carbocycles. The summed E-state index contributed by atoms with van der Waals surface area (Å²) in [5.41, 5.74) is 1.92. The molecular formula is C13H17N3O2. The predicted octanol–water partition coefficient (Wildman–Crippen LogP) is 1.68. The molecule has 0 radical (unpaired) electrons. The molecule has 0 fully saturated rings. The molecule has 0 saturated carbocycles. The molecule has 0 aliphatic carbocycles. The summed E-state index contributed by atoms with van der Waals surface area (Å²) in [4.78, 5) is 0. The maximum atomic E-state index is 9.44. The molecule has 1 heterocycles. The van der Waals surface area contributed by atoms with Crippen LogP contribution in [-0.4, -0.2) is 20.0 Å². The highest BCUT2D eigenvalue weighted by Gasteiger charge is 2.08. The molecule has 0 spiro atoms. The summed E-state index contributed by atoms with van der Waals surface area (Å²) < 4.78 is 1.81. The number of benzene rings is 1. The number of aromatic nitrogens is 2. The summed E-state index contributed by atoms with van der Waals surface area (Å²) in [7, 11) is 1.89. The van der Waals surface area contributed by atoms with Crippen molar-refractivity contribution in [3.63, 3.8) is 0 Å². The van der Waals surface area contributed by atoms with Gasteiger partial charge in [0.2, 0.25) is 0 Å². The van der Waals surface area contributed by atoms with E-state index in [1.807, 2.05) is 20.0 Å². The summed E-state index contributed by atoms with van der Waals surface area (Å²) in [5, 5.41) is 26.3. The third-order valence-electron chi connectivity index (χ3n) is 2.94. The number of hydrogen-bond acceptors (Lipinski definition) is 4. The number of hydrogen-bond donors (Lipinski definition) is 3. The number of phenols is 2. The van der Waals surface area contributed by atoms with Gasteiger partial charge in [0.15, 0.2) is 0 Å². The van der Waals surface area contributed by atoms with E-state index in [1.165, 1.54) is 6.07 Å². The number of aromatic hydroxyl groups is 2. The second-order valence-corrected chi connectivity index (χ2v) is 4.33. The van der Waals surface area contributed by atoms with Crippen LogP contribution >= 0.6 is 0 Å². The standard InChI is InChI=1S/C13H17N3O2/c1-9(10-5-12(17)7-13(18)6-10)14-8-11-3-4-15-16(11)2/h3-7,9,14,17-18H,8H2,1-2H3. The van der Waals surface area contributed by atoms with Crippen molar-refractivity contribution in [3.05, 3.63) is 41.7 Å². The predicted molar refractivity (Wildman–Crippen MR) is 68.2 cm³/mol. The van der Waals surface area contributed by atoms with Gasteiger partial charge in [0.05, 0.1) is 5.69 Å². The van der Waals surface area contributed by atoms with Gasteiger partial charge >= 0.3 is 0 Å². The fourth-order valence-electron chi connectivity index (χ4n) is 1.82. The fraction of sp³-hybridized carbons (Fsp3) is 0.308. The van der Waals surface area contributed by atoms with Crippen LogP contribution in [0.1, 0.15) is 24.2 Å². The minimum atomic E-state index is 0.0258. The van der Waals surface area contributed by atoms with Crippen molar-refractivity contribution in [1.82, 2.24) is 15.1 Å². The summed E-state index contributed by atoms with van der Waals surface area (Å²) in [5.74, 6) is 0.137.